The molecule has 1 atom stereocenters. The van der Waals surface area contributed by atoms with Crippen LogP contribution >= 0.6 is 12.4 Å². The van der Waals surface area contributed by atoms with Crippen LogP contribution < -0.4 is 5.73 Å². The van der Waals surface area contributed by atoms with E-state index in [4.69, 9.17) is 5.73 Å². The van der Waals surface area contributed by atoms with E-state index in [0.717, 1.165) is 12.1 Å². The Hall–Kier alpha value is -0.780. The molecule has 0 amide bonds. The molecule has 0 aliphatic carbocycles. The number of rotatable bonds is 2. The molecule has 1 unspecified atom stereocenters. The normalized spacial score (nSPS) is 14.1. The van der Waals surface area contributed by atoms with Gasteiger partial charge in [0.25, 0.3) is 0 Å². The van der Waals surface area contributed by atoms with E-state index >= 15 is 0 Å². The van der Waals surface area contributed by atoms with Crippen molar-refractivity contribution in [3.63, 3.8) is 0 Å². The minimum atomic E-state index is -4.36. The van der Waals surface area contributed by atoms with Gasteiger partial charge in [-0.05, 0) is 31.5 Å². The topological polar surface area (TPSA) is 46.2 Å². The van der Waals surface area contributed by atoms with Gasteiger partial charge >= 0.3 is 6.18 Å². The Bertz CT molecular complexity index is 356. The van der Waals surface area contributed by atoms with Crippen LogP contribution in [-0.2, 0) is 6.18 Å². The van der Waals surface area contributed by atoms with E-state index in [1.54, 1.807) is 13.8 Å². The van der Waals surface area contributed by atoms with E-state index in [1.165, 1.54) is 12.1 Å². The molecule has 0 saturated carbocycles. The monoisotopic (exact) mass is 269 g/mol. The first-order chi connectivity index (χ1) is 7.12. The van der Waals surface area contributed by atoms with Crippen molar-refractivity contribution in [3.05, 3.63) is 35.4 Å². The molecule has 1 aromatic carbocycles. The van der Waals surface area contributed by atoms with Gasteiger partial charge in [0, 0.05) is 5.54 Å². The molecule has 3 N–H and O–H groups in total. The van der Waals surface area contributed by atoms with Gasteiger partial charge in [0.2, 0.25) is 0 Å². The smallest absolute Gasteiger partial charge is 0.387 e. The Morgan fingerprint density at radius 1 is 1.12 bits per heavy atom. The van der Waals surface area contributed by atoms with Crippen molar-refractivity contribution >= 4 is 12.4 Å². The molecule has 1 aromatic rings. The van der Waals surface area contributed by atoms with Crippen LogP contribution in [0.1, 0.15) is 31.1 Å². The standard InChI is InChI=1S/C11H14F3NO.ClH/c1-10(2,15)9(16)7-3-5-8(6-4-7)11(12,13)14;/h3-6,9,16H,15H2,1-2H3;1H. The van der Waals surface area contributed by atoms with Crippen molar-refractivity contribution in [2.24, 2.45) is 5.73 Å². The van der Waals surface area contributed by atoms with E-state index in [9.17, 15) is 18.3 Å². The maximum absolute atomic E-state index is 12.3. The highest BCUT2D eigenvalue weighted by Crippen LogP contribution is 2.31. The molecule has 0 spiro atoms. The fourth-order valence-corrected chi connectivity index (χ4v) is 1.28. The van der Waals surface area contributed by atoms with Crippen LogP contribution in [0, 0.1) is 0 Å². The number of hydrogen-bond acceptors (Lipinski definition) is 2. The average molecular weight is 270 g/mol. The molecular formula is C11H15ClF3NO. The molecule has 0 radical (unpaired) electrons. The van der Waals surface area contributed by atoms with E-state index in [-0.39, 0.29) is 12.4 Å². The Labute approximate surface area is 104 Å². The summed E-state index contributed by atoms with van der Waals surface area (Å²) in [6.45, 7) is 3.21. The number of benzene rings is 1. The molecule has 1 rings (SSSR count). The highest BCUT2D eigenvalue weighted by atomic mass is 35.5. The summed E-state index contributed by atoms with van der Waals surface area (Å²) >= 11 is 0. The van der Waals surface area contributed by atoms with Gasteiger partial charge in [0.15, 0.2) is 0 Å². The SMILES string of the molecule is CC(C)(N)C(O)c1ccc(C(F)(F)F)cc1.Cl. The van der Waals surface area contributed by atoms with E-state index in [1.807, 2.05) is 0 Å². The summed E-state index contributed by atoms with van der Waals surface area (Å²) in [7, 11) is 0. The number of aliphatic hydroxyl groups excluding tert-OH is 1. The predicted octanol–water partition coefficient (Wildman–Crippen LogP) is 2.90. The van der Waals surface area contributed by atoms with E-state index in [2.05, 4.69) is 0 Å². The highest BCUT2D eigenvalue weighted by molar-refractivity contribution is 5.85. The second-order valence-electron chi connectivity index (χ2n) is 4.34. The molecule has 0 aromatic heterocycles. The molecule has 0 aliphatic rings. The van der Waals surface area contributed by atoms with Crippen molar-refractivity contribution in [1.29, 1.82) is 0 Å². The first-order valence-electron chi connectivity index (χ1n) is 4.76. The van der Waals surface area contributed by atoms with Gasteiger partial charge in [-0.2, -0.15) is 13.2 Å². The van der Waals surface area contributed by atoms with Gasteiger partial charge in [0.05, 0.1) is 11.7 Å². The summed E-state index contributed by atoms with van der Waals surface area (Å²) in [6.07, 6.45) is -5.35. The zero-order valence-corrected chi connectivity index (χ0v) is 10.3. The number of alkyl halides is 3. The quantitative estimate of drug-likeness (QED) is 0.867. The fourth-order valence-electron chi connectivity index (χ4n) is 1.28. The lowest BCUT2D eigenvalue weighted by Crippen LogP contribution is -2.39. The minimum absolute atomic E-state index is 0. The second kappa shape index (κ2) is 5.25. The summed E-state index contributed by atoms with van der Waals surface area (Å²) in [6, 6.07) is 4.35. The first-order valence-corrected chi connectivity index (χ1v) is 4.76. The third-order valence-corrected chi connectivity index (χ3v) is 2.26. The summed E-state index contributed by atoms with van der Waals surface area (Å²) in [5.74, 6) is 0. The fraction of sp³-hybridized carbons (Fsp3) is 0.455. The maximum atomic E-state index is 12.3. The molecule has 17 heavy (non-hydrogen) atoms. The van der Waals surface area contributed by atoms with Crippen LogP contribution in [-0.4, -0.2) is 10.6 Å². The highest BCUT2D eigenvalue weighted by Gasteiger charge is 2.31. The average Bonchev–Trinajstić information content (AvgIpc) is 2.14. The Balaban J connectivity index is 0.00000256. The molecule has 0 bridgehead atoms. The van der Waals surface area contributed by atoms with Gasteiger partial charge in [-0.1, -0.05) is 12.1 Å². The van der Waals surface area contributed by atoms with Crippen LogP contribution in [0.4, 0.5) is 13.2 Å². The van der Waals surface area contributed by atoms with Crippen molar-refractivity contribution in [3.8, 4) is 0 Å². The lowest BCUT2D eigenvalue weighted by Gasteiger charge is -2.26. The largest absolute Gasteiger partial charge is 0.416 e. The predicted molar refractivity (Wildman–Crippen MR) is 61.9 cm³/mol. The van der Waals surface area contributed by atoms with Crippen LogP contribution in [0.15, 0.2) is 24.3 Å². The zero-order chi connectivity index (χ0) is 12.6. The molecule has 98 valence electrons. The number of hydrogen-bond donors (Lipinski definition) is 2. The number of halogens is 4. The van der Waals surface area contributed by atoms with E-state index < -0.39 is 23.4 Å². The summed E-state index contributed by atoms with van der Waals surface area (Å²) < 4.78 is 36.8. The molecule has 0 aliphatic heterocycles. The molecule has 0 heterocycles. The van der Waals surface area contributed by atoms with Gasteiger partial charge in [0.1, 0.15) is 0 Å². The van der Waals surface area contributed by atoms with Crippen molar-refractivity contribution in [2.45, 2.75) is 31.7 Å². The molecular weight excluding hydrogens is 255 g/mol. The summed E-state index contributed by atoms with van der Waals surface area (Å²) in [5.41, 5.74) is 4.41. The minimum Gasteiger partial charge on any atom is -0.387 e. The maximum Gasteiger partial charge on any atom is 0.416 e. The van der Waals surface area contributed by atoms with Crippen molar-refractivity contribution < 1.29 is 18.3 Å². The van der Waals surface area contributed by atoms with Crippen LogP contribution in [0.2, 0.25) is 0 Å². The number of aliphatic hydroxyl groups is 1. The van der Waals surface area contributed by atoms with Crippen molar-refractivity contribution in [2.75, 3.05) is 0 Å². The molecule has 2 nitrogen and oxygen atoms in total. The van der Waals surface area contributed by atoms with Gasteiger partial charge in [-0.25, -0.2) is 0 Å². The van der Waals surface area contributed by atoms with Crippen molar-refractivity contribution in [1.82, 2.24) is 0 Å². The van der Waals surface area contributed by atoms with Crippen LogP contribution in [0.25, 0.3) is 0 Å². The van der Waals surface area contributed by atoms with Crippen LogP contribution in [0.5, 0.6) is 0 Å². The Kier molecular flexibility index (Phi) is 5.01. The van der Waals surface area contributed by atoms with Gasteiger partial charge in [-0.15, -0.1) is 12.4 Å². The second-order valence-corrected chi connectivity index (χ2v) is 4.34. The third-order valence-electron chi connectivity index (χ3n) is 2.26. The summed E-state index contributed by atoms with van der Waals surface area (Å²) in [5, 5.41) is 9.74. The molecule has 0 fully saturated rings. The van der Waals surface area contributed by atoms with E-state index in [0.29, 0.717) is 5.56 Å². The van der Waals surface area contributed by atoms with Crippen LogP contribution in [0.3, 0.4) is 0 Å². The first kappa shape index (κ1) is 16.2. The Morgan fingerprint density at radius 3 is 1.82 bits per heavy atom. The summed E-state index contributed by atoms with van der Waals surface area (Å²) in [4.78, 5) is 0. The van der Waals surface area contributed by atoms with Gasteiger partial charge in [-0.3, -0.25) is 0 Å². The van der Waals surface area contributed by atoms with Gasteiger partial charge < -0.3 is 10.8 Å². The lowest BCUT2D eigenvalue weighted by molar-refractivity contribution is -0.137. The third kappa shape index (κ3) is 4.18. The lowest BCUT2D eigenvalue weighted by atomic mass is 9.92. The molecule has 0 saturated heterocycles. The molecule has 6 heteroatoms. The Morgan fingerprint density at radius 2 is 1.53 bits per heavy atom. The number of nitrogens with two attached hydrogens (primary N) is 1. The zero-order valence-electron chi connectivity index (χ0n) is 9.45.